The van der Waals surface area contributed by atoms with Gasteiger partial charge in [0.05, 0.1) is 4.91 Å². The van der Waals surface area contributed by atoms with E-state index in [0.717, 1.165) is 33.8 Å². The van der Waals surface area contributed by atoms with Gasteiger partial charge in [0, 0.05) is 35.1 Å². The summed E-state index contributed by atoms with van der Waals surface area (Å²) in [5.74, 6) is 0.0665. The van der Waals surface area contributed by atoms with Crippen molar-refractivity contribution in [1.82, 2.24) is 10.3 Å². The van der Waals surface area contributed by atoms with Crippen LogP contribution in [0.3, 0.4) is 0 Å². The number of furan rings is 1. The first kappa shape index (κ1) is 15.5. The van der Waals surface area contributed by atoms with Gasteiger partial charge in [-0.15, -0.1) is 0 Å². The number of fused-ring (bicyclic) bond motifs is 1. The average Bonchev–Trinajstić information content (AvgIpc) is 3.12. The van der Waals surface area contributed by atoms with Crippen LogP contribution in [-0.4, -0.2) is 16.1 Å². The second kappa shape index (κ2) is 5.78. The molecule has 1 aliphatic heterocycles. The summed E-state index contributed by atoms with van der Waals surface area (Å²) in [5, 5.41) is 2.64. The predicted molar refractivity (Wildman–Crippen MR) is 97.7 cm³/mol. The number of nitrogens with two attached hydrogens (primary N) is 1. The molecule has 0 unspecified atom stereocenters. The molecule has 2 amide bonds. The summed E-state index contributed by atoms with van der Waals surface area (Å²) in [7, 11) is 0. The summed E-state index contributed by atoms with van der Waals surface area (Å²) in [4.78, 5) is 27.5. The maximum absolute atomic E-state index is 11.7. The third kappa shape index (κ3) is 2.78. The van der Waals surface area contributed by atoms with E-state index in [9.17, 15) is 9.59 Å². The van der Waals surface area contributed by atoms with Crippen molar-refractivity contribution in [2.75, 3.05) is 5.73 Å². The maximum Gasteiger partial charge on any atom is 0.290 e. The summed E-state index contributed by atoms with van der Waals surface area (Å²) >= 11 is 0.852. The van der Waals surface area contributed by atoms with E-state index in [-0.39, 0.29) is 5.24 Å². The predicted octanol–water partition coefficient (Wildman–Crippen LogP) is 3.71. The standard InChI is InChI=1S/C18H13N3O3S/c1-9-2-3-10(5-14(9)19)13-8-20-7-11-4-12(24-16(11)13)6-15-17(22)21-18(23)25-15/h2-8H,19H2,1H3,(H,21,22,23). The van der Waals surface area contributed by atoms with Gasteiger partial charge in [0.2, 0.25) is 0 Å². The molecule has 0 saturated carbocycles. The topological polar surface area (TPSA) is 98.2 Å². The average molecular weight is 351 g/mol. The Balaban J connectivity index is 1.81. The zero-order chi connectivity index (χ0) is 17.6. The van der Waals surface area contributed by atoms with Crippen molar-refractivity contribution >= 4 is 45.6 Å². The van der Waals surface area contributed by atoms with Gasteiger partial charge in [-0.25, -0.2) is 0 Å². The molecule has 3 N–H and O–H groups in total. The number of aromatic nitrogens is 1. The monoisotopic (exact) mass is 351 g/mol. The highest BCUT2D eigenvalue weighted by molar-refractivity contribution is 8.18. The number of imide groups is 1. The summed E-state index contributed by atoms with van der Waals surface area (Å²) in [6, 6.07) is 7.57. The first-order valence-electron chi connectivity index (χ1n) is 7.50. The van der Waals surface area contributed by atoms with Crippen LogP contribution in [0.2, 0.25) is 0 Å². The number of carbonyl (C=O) groups excluding carboxylic acids is 2. The van der Waals surface area contributed by atoms with Crippen LogP contribution in [0.5, 0.6) is 0 Å². The van der Waals surface area contributed by atoms with Gasteiger partial charge >= 0.3 is 0 Å². The van der Waals surface area contributed by atoms with Crippen molar-refractivity contribution in [3.8, 4) is 11.1 Å². The van der Waals surface area contributed by atoms with Gasteiger partial charge in [0.25, 0.3) is 11.1 Å². The minimum absolute atomic E-state index is 0.304. The number of hydrogen-bond donors (Lipinski definition) is 2. The number of carbonyl (C=O) groups is 2. The smallest absolute Gasteiger partial charge is 0.290 e. The number of nitrogen functional groups attached to an aromatic ring is 1. The first-order valence-corrected chi connectivity index (χ1v) is 8.32. The first-order chi connectivity index (χ1) is 12.0. The van der Waals surface area contributed by atoms with Crippen molar-refractivity contribution in [3.05, 3.63) is 52.9 Å². The lowest BCUT2D eigenvalue weighted by Gasteiger charge is -2.05. The molecule has 124 valence electrons. The number of nitrogens with zero attached hydrogens (tertiary/aromatic N) is 1. The zero-order valence-corrected chi connectivity index (χ0v) is 14.0. The maximum atomic E-state index is 11.7. The third-order valence-electron chi connectivity index (χ3n) is 3.95. The molecule has 0 radical (unpaired) electrons. The molecule has 7 heteroatoms. The Hall–Kier alpha value is -3.06. The number of hydrogen-bond acceptors (Lipinski definition) is 6. The van der Waals surface area contributed by atoms with Crippen LogP contribution >= 0.6 is 11.8 Å². The number of aryl methyl sites for hydroxylation is 1. The zero-order valence-electron chi connectivity index (χ0n) is 13.2. The van der Waals surface area contributed by atoms with Crippen LogP contribution in [0.1, 0.15) is 11.3 Å². The summed E-state index contributed by atoms with van der Waals surface area (Å²) < 4.78 is 5.91. The van der Waals surface area contributed by atoms with Gasteiger partial charge in [-0.3, -0.25) is 19.9 Å². The van der Waals surface area contributed by atoms with Gasteiger partial charge in [0.1, 0.15) is 11.3 Å². The molecule has 0 atom stereocenters. The van der Waals surface area contributed by atoms with Crippen LogP contribution in [0, 0.1) is 6.92 Å². The molecule has 3 aromatic rings. The van der Waals surface area contributed by atoms with Crippen molar-refractivity contribution in [2.45, 2.75) is 6.92 Å². The molecule has 1 aromatic carbocycles. The number of rotatable bonds is 2. The lowest BCUT2D eigenvalue weighted by molar-refractivity contribution is -0.115. The lowest BCUT2D eigenvalue weighted by Crippen LogP contribution is -2.17. The minimum Gasteiger partial charge on any atom is -0.456 e. The van der Waals surface area contributed by atoms with Crippen molar-refractivity contribution in [3.63, 3.8) is 0 Å². The Morgan fingerprint density at radius 3 is 2.80 bits per heavy atom. The summed E-state index contributed by atoms with van der Waals surface area (Å²) in [6.45, 7) is 1.95. The van der Waals surface area contributed by atoms with Gasteiger partial charge in [-0.05, 0) is 41.9 Å². The van der Waals surface area contributed by atoms with Crippen LogP contribution in [0.4, 0.5) is 10.5 Å². The Labute approximate surface area is 147 Å². The number of anilines is 1. The Morgan fingerprint density at radius 1 is 1.24 bits per heavy atom. The molecule has 0 bridgehead atoms. The highest BCUT2D eigenvalue weighted by atomic mass is 32.2. The number of nitrogens with one attached hydrogen (secondary N) is 1. The fraction of sp³-hybridized carbons (Fsp3) is 0.0556. The van der Waals surface area contributed by atoms with Crippen molar-refractivity contribution in [2.24, 2.45) is 0 Å². The quantitative estimate of drug-likeness (QED) is 0.539. The molecule has 2 aromatic heterocycles. The Kier molecular flexibility index (Phi) is 3.58. The van der Waals surface area contributed by atoms with Gasteiger partial charge in [-0.1, -0.05) is 12.1 Å². The third-order valence-corrected chi connectivity index (χ3v) is 4.76. The van der Waals surface area contributed by atoms with Crippen LogP contribution in [-0.2, 0) is 4.79 Å². The van der Waals surface area contributed by atoms with E-state index >= 15 is 0 Å². The van der Waals surface area contributed by atoms with Crippen LogP contribution < -0.4 is 11.1 Å². The molecule has 0 spiro atoms. The van der Waals surface area contributed by atoms with Gasteiger partial charge in [-0.2, -0.15) is 0 Å². The van der Waals surface area contributed by atoms with Gasteiger partial charge in [0.15, 0.2) is 0 Å². The lowest BCUT2D eigenvalue weighted by atomic mass is 10.0. The van der Waals surface area contributed by atoms with Crippen molar-refractivity contribution in [1.29, 1.82) is 0 Å². The number of pyridine rings is 1. The highest BCUT2D eigenvalue weighted by Crippen LogP contribution is 2.33. The Bertz CT molecular complexity index is 1070. The van der Waals surface area contributed by atoms with Crippen LogP contribution in [0.15, 0.2) is 46.0 Å². The second-order valence-corrected chi connectivity index (χ2v) is 6.69. The van der Waals surface area contributed by atoms with E-state index in [2.05, 4.69) is 10.3 Å². The molecular weight excluding hydrogens is 338 g/mol. The number of benzene rings is 1. The SMILES string of the molecule is Cc1ccc(-c2cncc3cc(C=C4SC(=O)NC4=O)oc23)cc1N. The normalized spacial score (nSPS) is 16.0. The number of amides is 2. The molecule has 25 heavy (non-hydrogen) atoms. The fourth-order valence-corrected chi connectivity index (χ4v) is 3.28. The van der Waals surface area contributed by atoms with E-state index in [1.165, 1.54) is 0 Å². The fourth-order valence-electron chi connectivity index (χ4n) is 2.62. The van der Waals surface area contributed by atoms with E-state index in [1.54, 1.807) is 24.5 Å². The molecule has 0 aliphatic carbocycles. The second-order valence-electron chi connectivity index (χ2n) is 5.68. The Morgan fingerprint density at radius 2 is 2.08 bits per heavy atom. The van der Waals surface area contributed by atoms with Gasteiger partial charge < -0.3 is 10.2 Å². The molecule has 6 nitrogen and oxygen atoms in total. The molecular formula is C18H13N3O3S. The number of thioether (sulfide) groups is 1. The molecule has 1 fully saturated rings. The van der Waals surface area contributed by atoms with E-state index in [0.29, 0.717) is 21.9 Å². The summed E-state index contributed by atoms with van der Waals surface area (Å²) in [6.07, 6.45) is 4.96. The largest absolute Gasteiger partial charge is 0.456 e. The van der Waals surface area contributed by atoms with E-state index in [1.807, 2.05) is 25.1 Å². The van der Waals surface area contributed by atoms with Crippen molar-refractivity contribution < 1.29 is 14.0 Å². The van der Waals surface area contributed by atoms with E-state index in [4.69, 9.17) is 10.2 Å². The molecule has 1 saturated heterocycles. The van der Waals surface area contributed by atoms with E-state index < -0.39 is 5.91 Å². The highest BCUT2D eigenvalue weighted by Gasteiger charge is 2.25. The van der Waals surface area contributed by atoms with Crippen LogP contribution in [0.25, 0.3) is 28.2 Å². The summed E-state index contributed by atoms with van der Waals surface area (Å²) in [5.41, 5.74) is 10.1. The molecule has 3 heterocycles. The minimum atomic E-state index is -0.417. The molecule has 1 aliphatic rings. The molecule has 4 rings (SSSR count).